The van der Waals surface area contributed by atoms with E-state index in [9.17, 15) is 13.2 Å². The highest BCUT2D eigenvalue weighted by Gasteiger charge is 2.19. The lowest BCUT2D eigenvalue weighted by molar-refractivity contribution is -0.121. The Kier molecular flexibility index (Phi) is 7.60. The molecule has 2 rings (SSSR count). The summed E-state index contributed by atoms with van der Waals surface area (Å²) in [6, 6.07) is 13.9. The summed E-state index contributed by atoms with van der Waals surface area (Å²) in [6.45, 7) is 3.61. The van der Waals surface area contributed by atoms with Gasteiger partial charge in [-0.15, -0.1) is 0 Å². The number of hydrogen-bond acceptors (Lipinski definition) is 5. The van der Waals surface area contributed by atoms with Crippen LogP contribution in [0.4, 0.5) is 0 Å². The van der Waals surface area contributed by atoms with Gasteiger partial charge in [0, 0.05) is 13.7 Å². The van der Waals surface area contributed by atoms with Crippen LogP contribution in [-0.4, -0.2) is 40.3 Å². The molecule has 6 nitrogen and oxygen atoms in total. The number of carbonyl (C=O) groups excluding carboxylic acids is 1. The topological polar surface area (TPSA) is 81.7 Å². The van der Waals surface area contributed by atoms with Gasteiger partial charge < -0.3 is 14.8 Å². The maximum Gasteiger partial charge on any atom is 0.224 e. The van der Waals surface area contributed by atoms with Crippen molar-refractivity contribution in [2.45, 2.75) is 36.5 Å². The number of methoxy groups -OCH3 is 2. The van der Waals surface area contributed by atoms with Crippen LogP contribution in [0.5, 0.6) is 5.75 Å². The molecular formula is C21H27NO5S. The van der Waals surface area contributed by atoms with Crippen LogP contribution in [0.2, 0.25) is 0 Å². The van der Waals surface area contributed by atoms with Gasteiger partial charge in [0.2, 0.25) is 5.91 Å². The average molecular weight is 406 g/mol. The van der Waals surface area contributed by atoms with Crippen molar-refractivity contribution in [1.82, 2.24) is 5.32 Å². The van der Waals surface area contributed by atoms with E-state index < -0.39 is 15.1 Å². The van der Waals surface area contributed by atoms with Crippen molar-refractivity contribution in [2.24, 2.45) is 0 Å². The Hall–Kier alpha value is -2.38. The van der Waals surface area contributed by atoms with Crippen LogP contribution in [0.25, 0.3) is 0 Å². The molecule has 7 heteroatoms. The number of benzene rings is 2. The Morgan fingerprint density at radius 1 is 1.07 bits per heavy atom. The molecule has 2 aromatic rings. The molecule has 0 fully saturated rings. The first kappa shape index (κ1) is 21.9. The number of rotatable bonds is 9. The second-order valence-corrected chi connectivity index (χ2v) is 9.22. The van der Waals surface area contributed by atoms with Crippen molar-refractivity contribution in [3.63, 3.8) is 0 Å². The van der Waals surface area contributed by atoms with Crippen molar-refractivity contribution in [3.8, 4) is 5.75 Å². The van der Waals surface area contributed by atoms with E-state index in [1.165, 1.54) is 0 Å². The molecule has 0 aromatic heterocycles. The molecule has 0 heterocycles. The van der Waals surface area contributed by atoms with Gasteiger partial charge in [-0.1, -0.05) is 24.3 Å². The van der Waals surface area contributed by atoms with Crippen LogP contribution >= 0.6 is 0 Å². The van der Waals surface area contributed by atoms with Crippen molar-refractivity contribution in [2.75, 3.05) is 20.8 Å². The Morgan fingerprint density at radius 2 is 1.75 bits per heavy atom. The second kappa shape index (κ2) is 9.71. The van der Waals surface area contributed by atoms with Crippen molar-refractivity contribution in [1.29, 1.82) is 0 Å². The van der Waals surface area contributed by atoms with Gasteiger partial charge in [-0.05, 0) is 49.2 Å². The fraction of sp³-hybridized carbons (Fsp3) is 0.381. The van der Waals surface area contributed by atoms with Crippen molar-refractivity contribution in [3.05, 3.63) is 59.7 Å². The van der Waals surface area contributed by atoms with Gasteiger partial charge in [-0.25, -0.2) is 8.42 Å². The number of amides is 1. The van der Waals surface area contributed by atoms with Crippen LogP contribution < -0.4 is 10.1 Å². The molecule has 1 unspecified atom stereocenters. The highest BCUT2D eigenvalue weighted by atomic mass is 32.2. The Morgan fingerprint density at radius 3 is 2.32 bits per heavy atom. The first-order chi connectivity index (χ1) is 13.3. The number of carbonyl (C=O) groups is 1. The minimum Gasteiger partial charge on any atom is -0.497 e. The zero-order valence-corrected chi connectivity index (χ0v) is 17.5. The van der Waals surface area contributed by atoms with Gasteiger partial charge in [-0.3, -0.25) is 4.79 Å². The molecule has 1 N–H and O–H groups in total. The fourth-order valence-corrected chi connectivity index (χ4v) is 3.76. The monoisotopic (exact) mass is 405 g/mol. The van der Waals surface area contributed by atoms with Crippen molar-refractivity contribution >= 4 is 15.7 Å². The van der Waals surface area contributed by atoms with E-state index in [-0.39, 0.29) is 23.3 Å². The molecule has 0 aliphatic rings. The van der Waals surface area contributed by atoms with Gasteiger partial charge in [0.25, 0.3) is 0 Å². The summed E-state index contributed by atoms with van der Waals surface area (Å²) >= 11 is 0. The molecule has 152 valence electrons. The maximum absolute atomic E-state index is 12.3. The quantitative estimate of drug-likeness (QED) is 0.694. The van der Waals surface area contributed by atoms with Gasteiger partial charge >= 0.3 is 0 Å². The summed E-state index contributed by atoms with van der Waals surface area (Å²) in [4.78, 5) is 12.5. The summed E-state index contributed by atoms with van der Waals surface area (Å²) in [5, 5.41) is 2.38. The largest absolute Gasteiger partial charge is 0.497 e. The van der Waals surface area contributed by atoms with Crippen LogP contribution in [-0.2, 0) is 25.8 Å². The maximum atomic E-state index is 12.3. The highest BCUT2D eigenvalue weighted by molar-refractivity contribution is 7.92. The highest BCUT2D eigenvalue weighted by Crippen LogP contribution is 2.21. The first-order valence-corrected chi connectivity index (χ1v) is 10.6. The van der Waals surface area contributed by atoms with Crippen LogP contribution in [0.15, 0.2) is 53.4 Å². The number of nitrogens with one attached hydrogen (secondary N) is 1. The standard InChI is InChI=1S/C21H27NO5S/c1-15(2)28(24,25)19-10-8-16(9-11-19)12-21(23)22-14-20(27-4)17-6-5-7-18(13-17)26-3/h5-11,13,15,20H,12,14H2,1-4H3,(H,22,23). The molecule has 0 spiro atoms. The normalized spacial score (nSPS) is 12.6. The van der Waals surface area contributed by atoms with Crippen LogP contribution in [0.3, 0.4) is 0 Å². The molecule has 2 aromatic carbocycles. The Bertz CT molecular complexity index is 891. The van der Waals surface area contributed by atoms with E-state index in [2.05, 4.69) is 5.32 Å². The van der Waals surface area contributed by atoms with E-state index in [0.717, 1.165) is 16.9 Å². The van der Waals surface area contributed by atoms with Gasteiger partial charge in [0.05, 0.1) is 29.8 Å². The molecule has 0 saturated heterocycles. The zero-order chi connectivity index (χ0) is 20.7. The molecule has 1 atom stereocenters. The predicted molar refractivity (Wildman–Crippen MR) is 108 cm³/mol. The molecule has 0 bridgehead atoms. The van der Waals surface area contributed by atoms with Gasteiger partial charge in [0.1, 0.15) is 5.75 Å². The molecule has 28 heavy (non-hydrogen) atoms. The summed E-state index contributed by atoms with van der Waals surface area (Å²) in [5.41, 5.74) is 1.65. The van der Waals surface area contributed by atoms with E-state index in [1.807, 2.05) is 24.3 Å². The average Bonchev–Trinajstić information content (AvgIpc) is 2.69. The third-order valence-corrected chi connectivity index (χ3v) is 6.64. The van der Waals surface area contributed by atoms with Crippen molar-refractivity contribution < 1.29 is 22.7 Å². The minimum atomic E-state index is -3.31. The first-order valence-electron chi connectivity index (χ1n) is 9.04. The Balaban J connectivity index is 1.96. The van der Waals surface area contributed by atoms with E-state index in [1.54, 1.807) is 52.3 Å². The third-order valence-electron chi connectivity index (χ3n) is 4.47. The zero-order valence-electron chi connectivity index (χ0n) is 16.6. The van der Waals surface area contributed by atoms with E-state index in [0.29, 0.717) is 6.54 Å². The smallest absolute Gasteiger partial charge is 0.224 e. The lowest BCUT2D eigenvalue weighted by atomic mass is 10.1. The summed E-state index contributed by atoms with van der Waals surface area (Å²) in [7, 11) is -0.126. The molecule has 1 amide bonds. The predicted octanol–water partition coefficient (Wildman–Crippen LogP) is 2.92. The van der Waals surface area contributed by atoms with Gasteiger partial charge in [0.15, 0.2) is 9.84 Å². The molecular weight excluding hydrogens is 378 g/mol. The second-order valence-electron chi connectivity index (χ2n) is 6.72. The van der Waals surface area contributed by atoms with Crippen LogP contribution in [0.1, 0.15) is 31.1 Å². The summed E-state index contributed by atoms with van der Waals surface area (Å²) < 4.78 is 35.0. The minimum absolute atomic E-state index is 0.163. The summed E-state index contributed by atoms with van der Waals surface area (Å²) in [6.07, 6.45) is -0.131. The SMILES string of the molecule is COc1cccc(C(CNC(=O)Cc2ccc(S(=O)(=O)C(C)C)cc2)OC)c1. The molecule has 0 saturated carbocycles. The van der Waals surface area contributed by atoms with E-state index in [4.69, 9.17) is 9.47 Å². The fourth-order valence-electron chi connectivity index (χ4n) is 2.70. The summed E-state index contributed by atoms with van der Waals surface area (Å²) in [5.74, 6) is 0.562. The number of hydrogen-bond donors (Lipinski definition) is 1. The van der Waals surface area contributed by atoms with Gasteiger partial charge in [-0.2, -0.15) is 0 Å². The third kappa shape index (κ3) is 5.56. The lowest BCUT2D eigenvalue weighted by Gasteiger charge is -2.17. The van der Waals surface area contributed by atoms with Crippen LogP contribution in [0, 0.1) is 0 Å². The molecule has 0 aliphatic carbocycles. The Labute approximate surface area is 166 Å². The number of ether oxygens (including phenoxy) is 2. The molecule has 0 aliphatic heterocycles. The van der Waals surface area contributed by atoms with E-state index >= 15 is 0 Å². The lowest BCUT2D eigenvalue weighted by Crippen LogP contribution is -2.30. The molecule has 0 radical (unpaired) electrons. The number of sulfone groups is 1.